The lowest BCUT2D eigenvalue weighted by atomic mass is 10.1. The normalized spacial score (nSPS) is 16.9. The minimum absolute atomic E-state index is 0.0625. The third-order valence-corrected chi connectivity index (χ3v) is 3.73. The van der Waals surface area contributed by atoms with Crippen LogP contribution in [0, 0.1) is 5.41 Å². The molecule has 1 fully saturated rings. The quantitative estimate of drug-likeness (QED) is 0.0933. The minimum atomic E-state index is -2.37. The highest BCUT2D eigenvalue weighted by Crippen LogP contribution is 2.63. The Balaban J connectivity index is 0. The lowest BCUT2D eigenvalue weighted by Crippen LogP contribution is -2.34. The molecule has 0 saturated heterocycles. The molecule has 0 aromatic rings. The van der Waals surface area contributed by atoms with E-state index in [2.05, 4.69) is 41.9 Å². The number of hydrogen-bond donors (Lipinski definition) is 0. The van der Waals surface area contributed by atoms with Crippen LogP contribution in [0.2, 0.25) is 0 Å². The second kappa shape index (κ2) is 15.3. The van der Waals surface area contributed by atoms with E-state index in [1.54, 1.807) is 27.7 Å². The smallest absolute Gasteiger partial charge is 0.465 e. The molecular weight excluding hydrogens is 481 g/mol. The topological polar surface area (TPSA) is 142 Å². The number of rotatable bonds is 8. The molecule has 0 aromatic carbocycles. The molecule has 1 saturated carbocycles. The van der Waals surface area contributed by atoms with Crippen molar-refractivity contribution in [2.24, 2.45) is 5.41 Å². The highest BCUT2D eigenvalue weighted by Gasteiger charge is 2.80. The maximum Gasteiger partial charge on any atom is 0.482 e. The van der Waals surface area contributed by atoms with E-state index in [-0.39, 0.29) is 32.8 Å². The van der Waals surface area contributed by atoms with Gasteiger partial charge in [-0.1, -0.05) is 29.8 Å². The van der Waals surface area contributed by atoms with Crippen molar-refractivity contribution in [3.8, 4) is 0 Å². The molecule has 1 unspecified atom stereocenters. The maximum absolute atomic E-state index is 13.4. The van der Waals surface area contributed by atoms with Crippen molar-refractivity contribution in [2.75, 3.05) is 26.4 Å². The van der Waals surface area contributed by atoms with Crippen LogP contribution >= 0.6 is 23.2 Å². The van der Waals surface area contributed by atoms with Gasteiger partial charge in [0.25, 0.3) is 0 Å². The van der Waals surface area contributed by atoms with Crippen LogP contribution in [-0.4, -0.2) is 65.9 Å². The molecule has 0 spiro atoms. The van der Waals surface area contributed by atoms with Crippen LogP contribution in [0.25, 0.3) is 5.53 Å². The molecule has 0 bridgehead atoms. The summed E-state index contributed by atoms with van der Waals surface area (Å²) < 4.78 is 42.1. The summed E-state index contributed by atoms with van der Waals surface area (Å²) >= 11 is 9.77. The average molecular weight is 505 g/mol. The van der Waals surface area contributed by atoms with Crippen molar-refractivity contribution >= 4 is 52.8 Å². The predicted octanol–water partition coefficient (Wildman–Crippen LogP) is 2.86. The minimum Gasteiger partial charge on any atom is -0.465 e. The largest absolute Gasteiger partial charge is 0.482 e. The molecule has 0 N–H and O–H groups in total. The Morgan fingerprint density at radius 3 is 1.41 bits per heavy atom. The van der Waals surface area contributed by atoms with Gasteiger partial charge in [0, 0.05) is 6.42 Å². The van der Waals surface area contributed by atoms with E-state index in [0.29, 0.717) is 0 Å². The van der Waals surface area contributed by atoms with E-state index in [1.165, 1.54) is 0 Å². The summed E-state index contributed by atoms with van der Waals surface area (Å²) in [5.41, 5.74) is 5.60. The van der Waals surface area contributed by atoms with E-state index in [9.17, 15) is 28.0 Å². The van der Waals surface area contributed by atoms with E-state index in [4.69, 9.17) is 17.1 Å². The fourth-order valence-corrected chi connectivity index (χ4v) is 2.24. The zero-order chi connectivity index (χ0) is 25.5. The summed E-state index contributed by atoms with van der Waals surface area (Å²) in [7, 11) is 0. The van der Waals surface area contributed by atoms with Crippen molar-refractivity contribution in [2.45, 2.75) is 39.2 Å². The summed E-state index contributed by atoms with van der Waals surface area (Å²) in [5, 5.41) is -3.23. The van der Waals surface area contributed by atoms with Gasteiger partial charge in [0.05, 0.1) is 26.4 Å². The molecular formula is C18H24Cl2F2N2O8. The Hall–Kier alpha value is -2.56. The third kappa shape index (κ3) is 9.71. The van der Waals surface area contributed by atoms with Crippen LogP contribution in [0.4, 0.5) is 8.78 Å². The summed E-state index contributed by atoms with van der Waals surface area (Å²) in [6.45, 7) is 9.23. The van der Waals surface area contributed by atoms with Crippen LogP contribution in [-0.2, 0) is 38.1 Å². The van der Waals surface area contributed by atoms with E-state index < -0.39 is 45.4 Å². The van der Waals surface area contributed by atoms with Crippen molar-refractivity contribution in [3.63, 3.8) is 0 Å². The second-order valence-electron chi connectivity index (χ2n) is 5.46. The van der Waals surface area contributed by atoms with Crippen molar-refractivity contribution in [1.82, 2.24) is 0 Å². The lowest BCUT2D eigenvalue weighted by molar-refractivity contribution is -0.165. The molecule has 0 heterocycles. The Bertz CT molecular complexity index is 713. The average Bonchev–Trinajstić information content (AvgIpc) is 3.27. The SMILES string of the molecule is C=C(F)Cl.CCOC(=O)C(=[N+]=[N-])C(=O)OCC.CCOC(=O)C1(C(=O)OCC)CC1(F)Cl. The van der Waals surface area contributed by atoms with E-state index in [1.807, 2.05) is 0 Å². The van der Waals surface area contributed by atoms with Gasteiger partial charge in [0.15, 0.2) is 5.29 Å². The molecule has 32 heavy (non-hydrogen) atoms. The first-order chi connectivity index (χ1) is 14.8. The van der Waals surface area contributed by atoms with Crippen LogP contribution in [0.15, 0.2) is 11.9 Å². The Morgan fingerprint density at radius 1 is 0.938 bits per heavy atom. The van der Waals surface area contributed by atoms with E-state index in [0.717, 1.165) is 0 Å². The first-order valence-electron chi connectivity index (χ1n) is 9.11. The number of alkyl halides is 2. The Kier molecular flexibility index (Phi) is 15.1. The molecule has 182 valence electrons. The standard InChI is InChI=1S/C9H12ClFO4.C7H10N2O4.C2H2ClF/c1-3-14-6(12)8(5-9(8,10)11)7(13)15-4-2;1-3-12-6(10)5(9-8)7(11)13-4-2;1-2(3)4/h3-5H2,1-2H3;3-4H2,1-2H3;1H2. The number of hydrogen-bond acceptors (Lipinski definition) is 8. The summed E-state index contributed by atoms with van der Waals surface area (Å²) in [4.78, 5) is 47.1. The fraction of sp³-hybridized carbons (Fsp3) is 0.611. The van der Waals surface area contributed by atoms with Crippen LogP contribution in [0.1, 0.15) is 34.1 Å². The highest BCUT2D eigenvalue weighted by molar-refractivity contribution is 6.60. The Labute approximate surface area is 193 Å². The molecule has 1 aliphatic carbocycles. The summed E-state index contributed by atoms with van der Waals surface area (Å²) in [6, 6.07) is 0. The molecule has 14 heteroatoms. The zero-order valence-electron chi connectivity index (χ0n) is 17.9. The van der Waals surface area contributed by atoms with Crippen LogP contribution < -0.4 is 0 Å². The van der Waals surface area contributed by atoms with Crippen molar-refractivity contribution in [3.05, 3.63) is 17.4 Å². The van der Waals surface area contributed by atoms with Gasteiger partial charge < -0.3 is 24.5 Å². The highest BCUT2D eigenvalue weighted by atomic mass is 35.5. The Morgan fingerprint density at radius 2 is 1.22 bits per heavy atom. The van der Waals surface area contributed by atoms with Gasteiger partial charge in [-0.15, -0.1) is 0 Å². The first-order valence-corrected chi connectivity index (χ1v) is 9.86. The number of ether oxygens (including phenoxy) is 4. The van der Waals surface area contributed by atoms with Gasteiger partial charge in [-0.3, -0.25) is 9.59 Å². The van der Waals surface area contributed by atoms with Gasteiger partial charge in [-0.05, 0) is 27.7 Å². The maximum atomic E-state index is 13.4. The summed E-state index contributed by atoms with van der Waals surface area (Å²) in [6.07, 6.45) is -0.390. The van der Waals surface area contributed by atoms with Crippen LogP contribution in [0.5, 0.6) is 0 Å². The number of nitrogens with zero attached hydrogens (tertiary/aromatic N) is 2. The van der Waals surface area contributed by atoms with Gasteiger partial charge in [0.1, 0.15) is 0 Å². The molecule has 0 aromatic heterocycles. The second-order valence-corrected chi connectivity index (χ2v) is 6.46. The number of carbonyl (C=O) groups is 4. The van der Waals surface area contributed by atoms with Gasteiger partial charge in [-0.2, -0.15) is 9.18 Å². The molecule has 10 nitrogen and oxygen atoms in total. The van der Waals surface area contributed by atoms with Gasteiger partial charge >= 0.3 is 29.6 Å². The molecule has 1 atom stereocenters. The molecule has 1 aliphatic rings. The van der Waals surface area contributed by atoms with Crippen molar-refractivity contribution in [1.29, 1.82) is 0 Å². The molecule has 0 aliphatic heterocycles. The zero-order valence-corrected chi connectivity index (χ0v) is 19.4. The predicted molar refractivity (Wildman–Crippen MR) is 108 cm³/mol. The number of esters is 4. The number of carbonyl (C=O) groups excluding carboxylic acids is 4. The molecule has 0 radical (unpaired) electrons. The van der Waals surface area contributed by atoms with Crippen molar-refractivity contribution < 1.29 is 51.7 Å². The fourth-order valence-electron chi connectivity index (χ4n) is 1.89. The van der Waals surface area contributed by atoms with Gasteiger partial charge in [-0.25, -0.2) is 14.0 Å². The monoisotopic (exact) mass is 504 g/mol. The number of halogens is 4. The van der Waals surface area contributed by atoms with Gasteiger partial charge in [0.2, 0.25) is 10.5 Å². The lowest BCUT2D eigenvalue weighted by Gasteiger charge is -2.13. The molecule has 1 rings (SSSR count). The van der Waals surface area contributed by atoms with Crippen LogP contribution in [0.3, 0.4) is 0 Å². The first kappa shape index (κ1) is 31.6. The molecule has 0 amide bonds. The summed E-state index contributed by atoms with van der Waals surface area (Å²) in [5.74, 6) is -3.91. The third-order valence-electron chi connectivity index (χ3n) is 3.27. The van der Waals surface area contributed by atoms with E-state index >= 15 is 0 Å².